The number of aromatic nitrogens is 5. The lowest BCUT2D eigenvalue weighted by Crippen LogP contribution is -2.36. The highest BCUT2D eigenvalue weighted by Gasteiger charge is 2.24. The van der Waals surface area contributed by atoms with Crippen molar-refractivity contribution >= 4 is 16.9 Å². The molecule has 0 unspecified atom stereocenters. The summed E-state index contributed by atoms with van der Waals surface area (Å²) in [6.45, 7) is 4.15. The van der Waals surface area contributed by atoms with E-state index >= 15 is 0 Å². The van der Waals surface area contributed by atoms with Crippen molar-refractivity contribution in [3.05, 3.63) is 55.5 Å². The van der Waals surface area contributed by atoms with Crippen molar-refractivity contribution < 1.29 is 4.74 Å². The van der Waals surface area contributed by atoms with E-state index in [1.807, 2.05) is 30.9 Å². The Morgan fingerprint density at radius 3 is 2.61 bits per heavy atom. The van der Waals surface area contributed by atoms with E-state index in [2.05, 4.69) is 47.3 Å². The van der Waals surface area contributed by atoms with Crippen LogP contribution in [0.3, 0.4) is 0 Å². The molecule has 1 saturated heterocycles. The fourth-order valence-electron chi connectivity index (χ4n) is 4.47. The summed E-state index contributed by atoms with van der Waals surface area (Å²) in [6.07, 6.45) is 11.7. The van der Waals surface area contributed by atoms with Crippen molar-refractivity contribution in [2.24, 2.45) is 0 Å². The average Bonchev–Trinajstić information content (AvgIpc) is 3.47. The number of likely N-dealkylation sites (tertiary alicyclic amines) is 1. The Hall–Kier alpha value is -3.39. The van der Waals surface area contributed by atoms with Crippen molar-refractivity contribution in [2.75, 3.05) is 32.5 Å². The van der Waals surface area contributed by atoms with Gasteiger partial charge in [-0.15, -0.1) is 0 Å². The van der Waals surface area contributed by atoms with Crippen molar-refractivity contribution in [3.63, 3.8) is 0 Å². The fraction of sp³-hybridized carbons (Fsp3) is 0.348. The van der Waals surface area contributed by atoms with Gasteiger partial charge in [0.1, 0.15) is 23.5 Å². The first-order valence-electron chi connectivity index (χ1n) is 10.7. The number of anilines is 1. The third-order valence-electron chi connectivity index (χ3n) is 6.22. The first-order chi connectivity index (χ1) is 15.2. The van der Waals surface area contributed by atoms with Crippen LogP contribution in [-0.4, -0.2) is 55.7 Å². The number of nitrogens with zero attached hydrogens (tertiary/aromatic N) is 6. The number of imidazole rings is 1. The van der Waals surface area contributed by atoms with Crippen molar-refractivity contribution in [2.45, 2.75) is 25.4 Å². The van der Waals surface area contributed by atoms with Gasteiger partial charge in [0.25, 0.3) is 0 Å². The molecule has 4 aromatic rings. The normalized spacial score (nSPS) is 15.5. The lowest BCUT2D eigenvalue weighted by molar-refractivity contribution is 0.183. The minimum absolute atomic E-state index is 0.397. The molecular weight excluding hydrogens is 390 g/mol. The summed E-state index contributed by atoms with van der Waals surface area (Å²) in [6, 6.07) is 8.45. The van der Waals surface area contributed by atoms with Crippen LogP contribution in [0, 0.1) is 0 Å². The van der Waals surface area contributed by atoms with Gasteiger partial charge in [0, 0.05) is 56.4 Å². The molecule has 8 nitrogen and oxygen atoms in total. The van der Waals surface area contributed by atoms with Gasteiger partial charge in [0.15, 0.2) is 0 Å². The summed E-state index contributed by atoms with van der Waals surface area (Å²) >= 11 is 0. The van der Waals surface area contributed by atoms with Crippen LogP contribution < -0.4 is 10.5 Å². The van der Waals surface area contributed by atoms with Crippen LogP contribution in [0.2, 0.25) is 0 Å². The standard InChI is InChI=1S/C23H27N7O/c1-31-19-4-2-17(3-5-19)20-14-30(23-21(20)22(24)26-15-27-23)18-6-9-28(10-7-18)12-13-29-11-8-25-16-29/h2-5,8,11,14-16,18H,6-7,9-10,12-13H2,1H3,(H2,24,26,27). The molecule has 0 spiro atoms. The highest BCUT2D eigenvalue weighted by Crippen LogP contribution is 2.37. The summed E-state index contributed by atoms with van der Waals surface area (Å²) in [4.78, 5) is 15.5. The second kappa shape index (κ2) is 8.39. The van der Waals surface area contributed by atoms with Gasteiger partial charge in [-0.1, -0.05) is 12.1 Å². The molecule has 5 rings (SSSR count). The van der Waals surface area contributed by atoms with E-state index in [-0.39, 0.29) is 0 Å². The molecule has 31 heavy (non-hydrogen) atoms. The summed E-state index contributed by atoms with van der Waals surface area (Å²) in [7, 11) is 1.68. The summed E-state index contributed by atoms with van der Waals surface area (Å²) in [5, 5.41) is 0.926. The molecule has 0 bridgehead atoms. The number of nitrogens with two attached hydrogens (primary N) is 1. The molecular formula is C23H27N7O. The minimum Gasteiger partial charge on any atom is -0.497 e. The number of nitrogen functional groups attached to an aromatic ring is 1. The molecule has 0 aliphatic carbocycles. The minimum atomic E-state index is 0.397. The van der Waals surface area contributed by atoms with Crippen molar-refractivity contribution in [1.29, 1.82) is 0 Å². The molecule has 8 heteroatoms. The second-order valence-electron chi connectivity index (χ2n) is 8.01. The predicted molar refractivity (Wildman–Crippen MR) is 121 cm³/mol. The monoisotopic (exact) mass is 417 g/mol. The Morgan fingerprint density at radius 1 is 1.10 bits per heavy atom. The molecule has 160 valence electrons. The second-order valence-corrected chi connectivity index (χ2v) is 8.01. The number of ether oxygens (including phenoxy) is 1. The molecule has 0 atom stereocenters. The van der Waals surface area contributed by atoms with Crippen LogP contribution in [0.4, 0.5) is 5.82 Å². The zero-order chi connectivity index (χ0) is 21.2. The number of benzene rings is 1. The third kappa shape index (κ3) is 3.86. The number of fused-ring (bicyclic) bond motifs is 1. The highest BCUT2D eigenvalue weighted by atomic mass is 16.5. The maximum Gasteiger partial charge on any atom is 0.146 e. The molecule has 1 aromatic carbocycles. The molecule has 0 saturated carbocycles. The van der Waals surface area contributed by atoms with E-state index in [9.17, 15) is 0 Å². The summed E-state index contributed by atoms with van der Waals surface area (Å²) < 4.78 is 9.74. The lowest BCUT2D eigenvalue weighted by atomic mass is 10.0. The van der Waals surface area contributed by atoms with E-state index in [1.165, 1.54) is 0 Å². The summed E-state index contributed by atoms with van der Waals surface area (Å²) in [5.41, 5.74) is 9.36. The predicted octanol–water partition coefficient (Wildman–Crippen LogP) is 3.22. The number of rotatable bonds is 6. The zero-order valence-electron chi connectivity index (χ0n) is 17.7. The van der Waals surface area contributed by atoms with Crippen LogP contribution in [0.1, 0.15) is 18.9 Å². The van der Waals surface area contributed by atoms with E-state index in [0.29, 0.717) is 11.9 Å². The molecule has 2 N–H and O–H groups in total. The quantitative estimate of drug-likeness (QED) is 0.518. The Balaban J connectivity index is 1.38. The fourth-order valence-corrected chi connectivity index (χ4v) is 4.47. The van der Waals surface area contributed by atoms with Gasteiger partial charge in [-0.25, -0.2) is 15.0 Å². The number of methoxy groups -OCH3 is 1. The van der Waals surface area contributed by atoms with Gasteiger partial charge in [-0.05, 0) is 30.5 Å². The van der Waals surface area contributed by atoms with Crippen LogP contribution >= 0.6 is 0 Å². The summed E-state index contributed by atoms with van der Waals surface area (Å²) in [5.74, 6) is 1.35. The molecule has 4 heterocycles. The van der Waals surface area contributed by atoms with Crippen molar-refractivity contribution in [3.8, 4) is 16.9 Å². The molecule has 0 amide bonds. The molecule has 1 fully saturated rings. The van der Waals surface area contributed by atoms with Crippen LogP contribution in [0.25, 0.3) is 22.2 Å². The van der Waals surface area contributed by atoms with Gasteiger partial charge in [0.2, 0.25) is 0 Å². The van der Waals surface area contributed by atoms with E-state index in [0.717, 1.165) is 66.9 Å². The third-order valence-corrected chi connectivity index (χ3v) is 6.22. The van der Waals surface area contributed by atoms with E-state index in [4.69, 9.17) is 10.5 Å². The van der Waals surface area contributed by atoms with Gasteiger partial charge in [-0.3, -0.25) is 0 Å². The Kier molecular flexibility index (Phi) is 5.30. The topological polar surface area (TPSA) is 87.0 Å². The van der Waals surface area contributed by atoms with Gasteiger partial charge < -0.3 is 24.5 Å². The van der Waals surface area contributed by atoms with E-state index in [1.54, 1.807) is 13.4 Å². The number of hydrogen-bond donors (Lipinski definition) is 1. The molecule has 0 radical (unpaired) electrons. The smallest absolute Gasteiger partial charge is 0.146 e. The Labute approximate surface area is 181 Å². The Morgan fingerprint density at radius 2 is 1.90 bits per heavy atom. The molecule has 1 aliphatic rings. The molecule has 1 aliphatic heterocycles. The average molecular weight is 418 g/mol. The maximum atomic E-state index is 6.30. The molecule has 3 aromatic heterocycles. The first-order valence-corrected chi connectivity index (χ1v) is 10.7. The van der Waals surface area contributed by atoms with Crippen LogP contribution in [0.5, 0.6) is 5.75 Å². The SMILES string of the molecule is COc1ccc(-c2cn(C3CCN(CCn4ccnc4)CC3)c3ncnc(N)c23)cc1. The van der Waals surface area contributed by atoms with Gasteiger partial charge >= 0.3 is 0 Å². The van der Waals surface area contributed by atoms with Crippen LogP contribution in [0.15, 0.2) is 55.5 Å². The van der Waals surface area contributed by atoms with E-state index < -0.39 is 0 Å². The highest BCUT2D eigenvalue weighted by molar-refractivity contribution is 6.00. The lowest BCUT2D eigenvalue weighted by Gasteiger charge is -2.32. The first kappa shape index (κ1) is 19.6. The van der Waals surface area contributed by atoms with Gasteiger partial charge in [0.05, 0.1) is 18.8 Å². The number of hydrogen-bond acceptors (Lipinski definition) is 6. The van der Waals surface area contributed by atoms with Crippen molar-refractivity contribution in [1.82, 2.24) is 29.0 Å². The zero-order valence-corrected chi connectivity index (χ0v) is 17.7. The van der Waals surface area contributed by atoms with Gasteiger partial charge in [-0.2, -0.15) is 0 Å². The maximum absolute atomic E-state index is 6.30. The van der Waals surface area contributed by atoms with Crippen LogP contribution in [-0.2, 0) is 6.54 Å². The Bertz CT molecular complexity index is 1140. The number of piperidine rings is 1. The largest absolute Gasteiger partial charge is 0.497 e.